The zero-order valence-electron chi connectivity index (χ0n) is 26.7. The van der Waals surface area contributed by atoms with E-state index in [1.807, 2.05) is 30.3 Å². The van der Waals surface area contributed by atoms with Crippen molar-refractivity contribution in [3.63, 3.8) is 0 Å². The number of hydrogen-bond donors (Lipinski definition) is 1. The molecule has 3 aliphatic rings. The lowest BCUT2D eigenvalue weighted by atomic mass is 9.65. The first-order valence-corrected chi connectivity index (χ1v) is 16.2. The fraction of sp³-hybridized carbons (Fsp3) is 0.333. The van der Waals surface area contributed by atoms with Gasteiger partial charge in [-0.1, -0.05) is 90.1 Å². The highest BCUT2D eigenvalue weighted by Crippen LogP contribution is 2.57. The van der Waals surface area contributed by atoms with Crippen molar-refractivity contribution in [2.45, 2.75) is 83.3 Å². The van der Waals surface area contributed by atoms with Crippen LogP contribution in [-0.4, -0.2) is 27.9 Å². The summed E-state index contributed by atoms with van der Waals surface area (Å²) in [4.78, 5) is 26.9. The minimum absolute atomic E-state index is 0.0172. The average Bonchev–Trinajstić information content (AvgIpc) is 3.39. The van der Waals surface area contributed by atoms with Crippen LogP contribution in [0.3, 0.4) is 0 Å². The number of ketones is 2. The highest BCUT2D eigenvalue weighted by Gasteiger charge is 2.67. The van der Waals surface area contributed by atoms with E-state index in [0.717, 1.165) is 32.7 Å². The van der Waals surface area contributed by atoms with E-state index in [9.17, 15) is 14.7 Å². The molecular formula is C39H37BrO5. The third-order valence-corrected chi connectivity index (χ3v) is 10.4. The number of halogens is 1. The summed E-state index contributed by atoms with van der Waals surface area (Å²) < 4.78 is 13.4. The molecule has 0 fully saturated rings. The molecule has 2 heterocycles. The van der Waals surface area contributed by atoms with Gasteiger partial charge in [0, 0.05) is 29.5 Å². The first-order valence-electron chi connectivity index (χ1n) is 15.4. The summed E-state index contributed by atoms with van der Waals surface area (Å²) >= 11 is 3.46. The van der Waals surface area contributed by atoms with Gasteiger partial charge in [0.15, 0.2) is 17.0 Å². The van der Waals surface area contributed by atoms with Crippen molar-refractivity contribution in [3.05, 3.63) is 98.7 Å². The maximum Gasteiger partial charge on any atom is 0.210 e. The summed E-state index contributed by atoms with van der Waals surface area (Å²) in [5.41, 5.74) is 0.882. The third kappa shape index (κ3) is 4.36. The van der Waals surface area contributed by atoms with E-state index >= 15 is 0 Å². The SMILES string of the molecule is CC(=O)C[C@@]1(O)C(=O)C(Br)=C2Oc3ccc4cc(C(C)(C)C)ccc4c3C=C2[C@@]12Cc1c(ccc3cc(C(C)(C)C)ccc13)O2. The van der Waals surface area contributed by atoms with Crippen LogP contribution in [-0.2, 0) is 26.8 Å². The number of carbonyl (C=O) groups is 2. The van der Waals surface area contributed by atoms with Gasteiger partial charge in [-0.2, -0.15) is 0 Å². The number of Topliss-reactive ketones (excluding diaryl/α,β-unsaturated/α-hetero) is 2. The molecule has 4 aromatic rings. The molecule has 0 aromatic heterocycles. The Balaban J connectivity index is 1.48. The Labute approximate surface area is 272 Å². The van der Waals surface area contributed by atoms with E-state index in [1.54, 1.807) is 0 Å². The summed E-state index contributed by atoms with van der Waals surface area (Å²) in [6, 6.07) is 20.7. The molecule has 2 atom stereocenters. The van der Waals surface area contributed by atoms with Crippen LogP contribution >= 0.6 is 15.9 Å². The Morgan fingerprint density at radius 2 is 1.44 bits per heavy atom. The normalized spacial score (nSPS) is 22.6. The standard InChI is InChI=1S/C39H37BrO5/c1-21(41)19-38(43)35(42)33(40)34-30(18-28-26-12-10-24(36(2,3)4)16-22(26)8-14-31(28)44-34)39(38)20-29-27-13-11-25(37(5,6)7)17-23(27)9-15-32(29)45-39/h8-18,43H,19-20H2,1-7H3/t38-,39+/m1/s1. The Morgan fingerprint density at radius 1 is 0.867 bits per heavy atom. The van der Waals surface area contributed by atoms with E-state index in [4.69, 9.17) is 9.47 Å². The molecule has 0 amide bonds. The van der Waals surface area contributed by atoms with E-state index < -0.39 is 23.4 Å². The van der Waals surface area contributed by atoms with Crippen molar-refractivity contribution >= 4 is 55.1 Å². The fourth-order valence-corrected chi connectivity index (χ4v) is 7.75. The van der Waals surface area contributed by atoms with Gasteiger partial charge in [0.25, 0.3) is 0 Å². The fourth-order valence-electron chi connectivity index (χ4n) is 7.12. The number of rotatable bonds is 2. The molecule has 5 nitrogen and oxygen atoms in total. The van der Waals surface area contributed by atoms with Crippen LogP contribution in [0, 0.1) is 0 Å². The molecule has 0 radical (unpaired) electrons. The van der Waals surface area contributed by atoms with Gasteiger partial charge < -0.3 is 14.6 Å². The predicted molar refractivity (Wildman–Crippen MR) is 182 cm³/mol. The number of benzene rings is 4. The van der Waals surface area contributed by atoms with Crippen molar-refractivity contribution in [2.24, 2.45) is 0 Å². The molecule has 230 valence electrons. The molecule has 1 aliphatic carbocycles. The van der Waals surface area contributed by atoms with Gasteiger partial charge in [0.2, 0.25) is 5.78 Å². The van der Waals surface area contributed by atoms with Crippen LogP contribution in [0.5, 0.6) is 11.5 Å². The first kappa shape index (κ1) is 29.9. The zero-order chi connectivity index (χ0) is 32.3. The minimum Gasteiger partial charge on any atom is -0.478 e. The largest absolute Gasteiger partial charge is 0.478 e. The quantitative estimate of drug-likeness (QED) is 0.232. The van der Waals surface area contributed by atoms with Crippen LogP contribution < -0.4 is 9.47 Å². The van der Waals surface area contributed by atoms with Crippen LogP contribution in [0.25, 0.3) is 27.6 Å². The van der Waals surface area contributed by atoms with E-state index in [2.05, 4.69) is 93.9 Å². The van der Waals surface area contributed by atoms with Crippen LogP contribution in [0.1, 0.15) is 77.1 Å². The van der Waals surface area contributed by atoms with Crippen molar-refractivity contribution in [1.82, 2.24) is 0 Å². The monoisotopic (exact) mass is 664 g/mol. The molecule has 1 spiro atoms. The Hall–Kier alpha value is -3.74. The summed E-state index contributed by atoms with van der Waals surface area (Å²) in [5.74, 6) is 0.551. The van der Waals surface area contributed by atoms with Crippen molar-refractivity contribution < 1.29 is 24.2 Å². The number of ether oxygens (including phenoxy) is 2. The van der Waals surface area contributed by atoms with Crippen LogP contribution in [0.4, 0.5) is 0 Å². The lowest BCUT2D eigenvalue weighted by molar-refractivity contribution is -0.160. The smallest absolute Gasteiger partial charge is 0.210 e. The average molecular weight is 666 g/mol. The number of carbonyl (C=O) groups excluding carboxylic acids is 2. The summed E-state index contributed by atoms with van der Waals surface area (Å²) in [6.45, 7) is 14.5. The summed E-state index contributed by atoms with van der Waals surface area (Å²) in [5, 5.41) is 16.6. The molecule has 2 aliphatic heterocycles. The second kappa shape index (κ2) is 9.63. The molecule has 7 rings (SSSR count). The third-order valence-electron chi connectivity index (χ3n) is 9.68. The van der Waals surface area contributed by atoms with Gasteiger partial charge in [-0.3, -0.25) is 9.59 Å². The van der Waals surface area contributed by atoms with Gasteiger partial charge in [-0.25, -0.2) is 0 Å². The molecule has 0 unspecified atom stereocenters. The number of hydrogen-bond acceptors (Lipinski definition) is 5. The zero-order valence-corrected chi connectivity index (χ0v) is 28.3. The maximum absolute atomic E-state index is 14.1. The molecule has 6 heteroatoms. The first-order chi connectivity index (χ1) is 21.0. The Bertz CT molecular complexity index is 2050. The van der Waals surface area contributed by atoms with Crippen molar-refractivity contribution in [3.8, 4) is 11.5 Å². The van der Waals surface area contributed by atoms with E-state index in [-0.39, 0.29) is 27.5 Å². The molecular weight excluding hydrogens is 628 g/mol. The van der Waals surface area contributed by atoms with E-state index in [1.165, 1.54) is 18.1 Å². The molecule has 1 N–H and O–H groups in total. The van der Waals surface area contributed by atoms with Gasteiger partial charge >= 0.3 is 0 Å². The molecule has 0 saturated heterocycles. The van der Waals surface area contributed by atoms with Crippen LogP contribution in [0.15, 0.2) is 76.5 Å². The maximum atomic E-state index is 14.1. The van der Waals surface area contributed by atoms with E-state index in [0.29, 0.717) is 22.8 Å². The van der Waals surface area contributed by atoms with Gasteiger partial charge in [0.1, 0.15) is 21.8 Å². The van der Waals surface area contributed by atoms with Crippen molar-refractivity contribution in [1.29, 1.82) is 0 Å². The lowest BCUT2D eigenvalue weighted by Crippen LogP contribution is -2.66. The Kier molecular flexibility index (Phi) is 6.41. The molecule has 0 saturated carbocycles. The van der Waals surface area contributed by atoms with Gasteiger partial charge in [0.05, 0.1) is 0 Å². The number of aliphatic hydroxyl groups is 1. The topological polar surface area (TPSA) is 72.8 Å². The minimum atomic E-state index is -2.17. The summed E-state index contributed by atoms with van der Waals surface area (Å²) in [6.07, 6.45) is 1.78. The second-order valence-corrected chi connectivity index (χ2v) is 15.7. The predicted octanol–water partition coefficient (Wildman–Crippen LogP) is 8.64. The highest BCUT2D eigenvalue weighted by atomic mass is 79.9. The Morgan fingerprint density at radius 3 is 2.04 bits per heavy atom. The second-order valence-electron chi connectivity index (χ2n) is 14.9. The van der Waals surface area contributed by atoms with Crippen LogP contribution in [0.2, 0.25) is 0 Å². The lowest BCUT2D eigenvalue weighted by Gasteiger charge is -2.48. The highest BCUT2D eigenvalue weighted by molar-refractivity contribution is 9.12. The van der Waals surface area contributed by atoms with Crippen molar-refractivity contribution in [2.75, 3.05) is 0 Å². The van der Waals surface area contributed by atoms with Gasteiger partial charge in [-0.15, -0.1) is 0 Å². The summed E-state index contributed by atoms with van der Waals surface area (Å²) in [7, 11) is 0. The molecule has 0 bridgehead atoms. The molecule has 45 heavy (non-hydrogen) atoms. The molecule has 4 aromatic carbocycles. The number of fused-ring (bicyclic) bond motifs is 8. The van der Waals surface area contributed by atoms with Gasteiger partial charge in [-0.05, 0) is 84.6 Å².